The van der Waals surface area contributed by atoms with Crippen molar-refractivity contribution in [3.8, 4) is 0 Å². The van der Waals surface area contributed by atoms with Gasteiger partial charge in [-0.25, -0.2) is 0 Å². The molecule has 1 atom stereocenters. The molecule has 0 bridgehead atoms. The summed E-state index contributed by atoms with van der Waals surface area (Å²) in [7, 11) is 0. The molecule has 0 N–H and O–H groups in total. The van der Waals surface area contributed by atoms with E-state index in [1.165, 1.54) is 5.57 Å². The number of carbonyl (C=O) groups excluding carboxylic acids is 1. The van der Waals surface area contributed by atoms with Crippen molar-refractivity contribution in [3.63, 3.8) is 0 Å². The second-order valence-corrected chi connectivity index (χ2v) is 2.97. The zero-order valence-corrected chi connectivity index (χ0v) is 5.46. The van der Waals surface area contributed by atoms with Gasteiger partial charge in [0.25, 0.3) is 0 Å². The highest BCUT2D eigenvalue weighted by molar-refractivity contribution is 5.92. The van der Waals surface area contributed by atoms with Crippen LogP contribution in [0.2, 0.25) is 0 Å². The van der Waals surface area contributed by atoms with E-state index in [0.29, 0.717) is 13.3 Å². The molecular formula is C7H7NO2. The molecule has 0 aromatic carbocycles. The summed E-state index contributed by atoms with van der Waals surface area (Å²) in [5.74, 6) is 0.543. The van der Waals surface area contributed by atoms with Crippen LogP contribution in [0.5, 0.6) is 0 Å². The molecule has 3 rings (SSSR count). The van der Waals surface area contributed by atoms with Crippen LogP contribution in [0.1, 0.15) is 6.42 Å². The Morgan fingerprint density at radius 2 is 2.50 bits per heavy atom. The second-order valence-electron chi connectivity index (χ2n) is 2.97. The van der Waals surface area contributed by atoms with E-state index in [1.807, 2.05) is 0 Å². The molecule has 10 heavy (non-hydrogen) atoms. The van der Waals surface area contributed by atoms with Gasteiger partial charge in [-0.15, -0.1) is 0 Å². The third kappa shape index (κ3) is 0.370. The predicted octanol–water partition coefficient (Wildman–Crippen LogP) is 0.0903. The highest BCUT2D eigenvalue weighted by atomic mass is 16.5. The van der Waals surface area contributed by atoms with Crippen molar-refractivity contribution in [2.45, 2.75) is 6.42 Å². The van der Waals surface area contributed by atoms with Gasteiger partial charge in [-0.2, -0.15) is 0 Å². The van der Waals surface area contributed by atoms with E-state index in [9.17, 15) is 4.79 Å². The number of rotatable bonds is 0. The van der Waals surface area contributed by atoms with E-state index >= 15 is 0 Å². The maximum atomic E-state index is 11.2. The van der Waals surface area contributed by atoms with Gasteiger partial charge < -0.3 is 4.74 Å². The molecule has 1 saturated carbocycles. The van der Waals surface area contributed by atoms with Crippen molar-refractivity contribution in [2.75, 3.05) is 13.3 Å². The van der Waals surface area contributed by atoms with Gasteiger partial charge in [-0.1, -0.05) is 0 Å². The molecule has 3 aliphatic rings. The first-order chi connectivity index (χ1) is 4.88. The molecular weight excluding hydrogens is 130 g/mol. The molecule has 1 aliphatic carbocycles. The lowest BCUT2D eigenvalue weighted by atomic mass is 10.4. The van der Waals surface area contributed by atoms with Crippen LogP contribution in [0.3, 0.4) is 0 Å². The van der Waals surface area contributed by atoms with Gasteiger partial charge in [0.2, 0.25) is 5.91 Å². The average Bonchev–Trinajstić information content (AvgIpc) is 2.48. The van der Waals surface area contributed by atoms with Gasteiger partial charge in [-0.05, 0) is 12.0 Å². The van der Waals surface area contributed by atoms with Gasteiger partial charge in [0.15, 0.2) is 0 Å². The van der Waals surface area contributed by atoms with Gasteiger partial charge in [-0.3, -0.25) is 9.69 Å². The maximum absolute atomic E-state index is 11.2. The normalized spacial score (nSPS) is 35.0. The molecule has 0 aromatic heterocycles. The molecule has 3 nitrogen and oxygen atoms in total. The lowest BCUT2D eigenvalue weighted by Crippen LogP contribution is -2.24. The Hall–Kier alpha value is -0.830. The first-order valence-electron chi connectivity index (χ1n) is 3.49. The number of carbonyl (C=O) groups is 1. The van der Waals surface area contributed by atoms with E-state index < -0.39 is 0 Å². The van der Waals surface area contributed by atoms with Crippen molar-refractivity contribution in [1.82, 2.24) is 4.90 Å². The second kappa shape index (κ2) is 1.27. The van der Waals surface area contributed by atoms with E-state index in [2.05, 4.69) is 0 Å². The number of fused-ring (bicyclic) bond motifs is 2. The average molecular weight is 137 g/mol. The molecule has 0 aromatic rings. The minimum atomic E-state index is 0.266. The van der Waals surface area contributed by atoms with Crippen molar-refractivity contribution >= 4 is 5.91 Å². The summed E-state index contributed by atoms with van der Waals surface area (Å²) in [6.07, 6.45) is 1.01. The third-order valence-corrected chi connectivity index (χ3v) is 2.40. The molecule has 2 fully saturated rings. The van der Waals surface area contributed by atoms with Crippen molar-refractivity contribution in [3.05, 3.63) is 11.3 Å². The Balaban J connectivity index is 2.13. The lowest BCUT2D eigenvalue weighted by molar-refractivity contribution is -0.130. The van der Waals surface area contributed by atoms with Crippen LogP contribution in [0.15, 0.2) is 11.3 Å². The van der Waals surface area contributed by atoms with Crippen molar-refractivity contribution in [1.29, 1.82) is 0 Å². The Bertz CT molecular complexity index is 256. The molecule has 0 radical (unpaired) electrons. The Morgan fingerprint density at radius 3 is 3.30 bits per heavy atom. The summed E-state index contributed by atoms with van der Waals surface area (Å²) in [6.45, 7) is 1.16. The molecule has 1 unspecified atom stereocenters. The Kier molecular flexibility index (Phi) is 0.624. The monoisotopic (exact) mass is 137 g/mol. The zero-order valence-electron chi connectivity index (χ0n) is 5.46. The standard InChI is InChI=1S/C7H7NO2/c9-7-5-1-4(5)6-2-10-3-8(6)7/h5H,1-3H2. The molecule has 52 valence electrons. The number of ether oxygens (including phenoxy) is 1. The van der Waals surface area contributed by atoms with Gasteiger partial charge in [0, 0.05) is 5.70 Å². The number of amides is 1. The van der Waals surface area contributed by atoms with Crippen LogP contribution in [-0.4, -0.2) is 24.1 Å². The van der Waals surface area contributed by atoms with E-state index in [1.54, 1.807) is 4.90 Å². The minimum absolute atomic E-state index is 0.266. The van der Waals surface area contributed by atoms with Gasteiger partial charge in [0.1, 0.15) is 6.73 Å². The number of hydrogen-bond donors (Lipinski definition) is 0. The van der Waals surface area contributed by atoms with E-state index in [0.717, 1.165) is 12.1 Å². The smallest absolute Gasteiger partial charge is 0.236 e. The summed E-state index contributed by atoms with van der Waals surface area (Å²) in [6, 6.07) is 0. The number of nitrogens with zero attached hydrogens (tertiary/aromatic N) is 1. The maximum Gasteiger partial charge on any atom is 0.236 e. The van der Waals surface area contributed by atoms with Crippen LogP contribution in [0.4, 0.5) is 0 Å². The quantitative estimate of drug-likeness (QED) is 0.473. The SMILES string of the molecule is O=C1C2CC2=C2COCN12. The van der Waals surface area contributed by atoms with Crippen molar-refractivity contribution < 1.29 is 9.53 Å². The molecule has 3 heteroatoms. The first kappa shape index (κ1) is 4.91. The highest BCUT2D eigenvalue weighted by Gasteiger charge is 2.51. The Morgan fingerprint density at radius 1 is 1.60 bits per heavy atom. The summed E-state index contributed by atoms with van der Waals surface area (Å²) < 4.78 is 5.13. The van der Waals surface area contributed by atoms with Crippen LogP contribution in [-0.2, 0) is 9.53 Å². The summed E-state index contributed by atoms with van der Waals surface area (Å²) in [5.41, 5.74) is 2.50. The summed E-state index contributed by atoms with van der Waals surface area (Å²) >= 11 is 0. The topological polar surface area (TPSA) is 29.5 Å². The summed E-state index contributed by atoms with van der Waals surface area (Å²) in [4.78, 5) is 13.0. The van der Waals surface area contributed by atoms with Gasteiger partial charge >= 0.3 is 0 Å². The molecule has 1 saturated heterocycles. The van der Waals surface area contributed by atoms with E-state index in [4.69, 9.17) is 4.74 Å². The van der Waals surface area contributed by atoms with Crippen molar-refractivity contribution in [2.24, 2.45) is 5.92 Å². The Labute approximate surface area is 58.3 Å². The van der Waals surface area contributed by atoms with Crippen LogP contribution in [0, 0.1) is 5.92 Å². The largest absolute Gasteiger partial charge is 0.354 e. The van der Waals surface area contributed by atoms with Crippen LogP contribution >= 0.6 is 0 Å². The van der Waals surface area contributed by atoms with E-state index in [-0.39, 0.29) is 11.8 Å². The third-order valence-electron chi connectivity index (χ3n) is 2.40. The fraction of sp³-hybridized carbons (Fsp3) is 0.571. The molecule has 1 amide bonds. The first-order valence-corrected chi connectivity index (χ1v) is 3.49. The fourth-order valence-electron chi connectivity index (χ4n) is 1.76. The lowest BCUT2D eigenvalue weighted by Gasteiger charge is -2.09. The van der Waals surface area contributed by atoms with Crippen LogP contribution < -0.4 is 0 Å². The minimum Gasteiger partial charge on any atom is -0.354 e. The predicted molar refractivity (Wildman–Crippen MR) is 32.8 cm³/mol. The molecule has 0 spiro atoms. The zero-order chi connectivity index (χ0) is 6.72. The van der Waals surface area contributed by atoms with Crippen LogP contribution in [0.25, 0.3) is 0 Å². The number of hydrogen-bond acceptors (Lipinski definition) is 2. The molecule has 2 aliphatic heterocycles. The molecule has 2 heterocycles. The summed E-state index contributed by atoms with van der Waals surface area (Å²) in [5, 5.41) is 0. The van der Waals surface area contributed by atoms with Gasteiger partial charge in [0.05, 0.1) is 12.5 Å². The highest BCUT2D eigenvalue weighted by Crippen LogP contribution is 2.49. The fourth-order valence-corrected chi connectivity index (χ4v) is 1.76.